The Hall–Kier alpha value is -12.6. The number of nitrogens with two attached hydrogens (primary N) is 1. The Morgan fingerprint density at radius 3 is 1.38 bits per heavy atom. The number of sulfone groups is 1. The highest BCUT2D eigenvalue weighted by atomic mass is 35.5. The minimum absolute atomic E-state index is 0.0619. The first-order valence-electron chi connectivity index (χ1n) is 42.0. The summed E-state index contributed by atoms with van der Waals surface area (Å²) in [6.07, 6.45) is -0.551. The van der Waals surface area contributed by atoms with Gasteiger partial charge in [-0.15, -0.1) is 0 Å². The number of rotatable bonds is 22. The number of fused-ring (bicyclic) bond motifs is 3. The van der Waals surface area contributed by atoms with Crippen LogP contribution in [0.3, 0.4) is 0 Å². The van der Waals surface area contributed by atoms with Crippen LogP contribution in [0, 0.1) is 20.8 Å². The highest BCUT2D eigenvalue weighted by Gasteiger charge is 2.37. The zero-order valence-corrected chi connectivity index (χ0v) is 75.8. The van der Waals surface area contributed by atoms with E-state index in [0.717, 1.165) is 136 Å². The van der Waals surface area contributed by atoms with E-state index in [1.54, 1.807) is 92.7 Å². The Balaban J connectivity index is 0.000000156. The Bertz CT molecular complexity index is 6880. The van der Waals surface area contributed by atoms with Crippen molar-refractivity contribution in [2.24, 2.45) is 5.73 Å². The van der Waals surface area contributed by atoms with Gasteiger partial charge in [-0.1, -0.05) is 60.1 Å². The number of halogens is 4. The first-order valence-corrected chi connectivity index (χ1v) is 44.3. The van der Waals surface area contributed by atoms with Crippen molar-refractivity contribution in [1.29, 1.82) is 0 Å². The fourth-order valence-electron chi connectivity index (χ4n) is 16.5. The molecule has 660 valence electrons. The molecule has 20 nitrogen and oxygen atoms in total. The Morgan fingerprint density at radius 2 is 0.953 bits per heavy atom. The molecule has 1 amide bonds. The molecule has 14 aromatic rings. The third kappa shape index (κ3) is 20.3. The number of hydrogen-bond acceptors (Lipinski definition) is 18. The van der Waals surface area contributed by atoms with Gasteiger partial charge in [0.15, 0.2) is 27.2 Å². The van der Waals surface area contributed by atoms with E-state index in [1.807, 2.05) is 180 Å². The number of alkyl halides is 3. The van der Waals surface area contributed by atoms with E-state index < -0.39 is 62.6 Å². The molecular formula is C103H100ClF3N6O14S. The maximum atomic E-state index is 13.3. The first kappa shape index (κ1) is 91.6. The van der Waals surface area contributed by atoms with Gasteiger partial charge in [-0.2, -0.15) is 13.2 Å². The quantitative estimate of drug-likeness (QED) is 0.0660. The second kappa shape index (κ2) is 36.6. The number of ether oxygens (including phenoxy) is 7. The van der Waals surface area contributed by atoms with Crippen LogP contribution in [0.5, 0.6) is 23.3 Å². The van der Waals surface area contributed by atoms with Gasteiger partial charge < -0.3 is 43.5 Å². The molecule has 0 unspecified atom stereocenters. The molecule has 0 aliphatic carbocycles. The molecule has 0 saturated heterocycles. The molecule has 7 heterocycles. The molecule has 0 bridgehead atoms. The molecule has 3 atom stereocenters. The number of Topliss-reactive ketones (excluding diaryl/α,β-unsaturated/α-hetero) is 3. The molecule has 25 heteroatoms. The van der Waals surface area contributed by atoms with Crippen LogP contribution in [0.1, 0.15) is 179 Å². The molecule has 0 saturated carbocycles. The number of amides is 1. The molecular weight excluding hydrogens is 1670 g/mol. The summed E-state index contributed by atoms with van der Waals surface area (Å²) >= 11 is 6.17. The van der Waals surface area contributed by atoms with Crippen LogP contribution < -0.4 is 30.2 Å². The molecule has 2 aliphatic rings. The average Bonchev–Trinajstić information content (AvgIpc) is 0.723. The third-order valence-electron chi connectivity index (χ3n) is 22.1. The molecule has 0 fully saturated rings. The van der Waals surface area contributed by atoms with Crippen molar-refractivity contribution in [3.8, 4) is 56.6 Å². The molecule has 9 aromatic carbocycles. The number of benzene rings is 9. The number of aromatic nitrogens is 5. The van der Waals surface area contributed by atoms with E-state index in [0.29, 0.717) is 74.2 Å². The number of hydrogen-bond donors (Lipinski definition) is 1. The van der Waals surface area contributed by atoms with Crippen molar-refractivity contribution >= 4 is 99.2 Å². The zero-order chi connectivity index (χ0) is 92.0. The SMILES string of the molecule is CC(=O)[C@@H](OC(C)(C)C)c1c(C)cc2c(ccc(=O)n2Cc2cccc(C(F)(F)F)c2)c1-c1ccc(Cl)cc1.CC(=O)[C@@H](OC(C)(C)C)c1c(C)cc2nc(OCc3ccc(C(N)=O)cc3)ccc2c1-c1ccc2c3c(ccnc13)CCO2.CC(=O)[C@@H](OC(C)(C)C)c1c(C)cc2nc(OCc3ccc(S(C)(=O)=O)cc3)ccc2c1-c1ccc2c3c(ccnc13)CCO2. The van der Waals surface area contributed by atoms with E-state index in [1.165, 1.54) is 41.0 Å². The minimum Gasteiger partial charge on any atom is -0.493 e. The lowest BCUT2D eigenvalue weighted by Gasteiger charge is -2.30. The maximum Gasteiger partial charge on any atom is 0.416 e. The maximum absolute atomic E-state index is 13.3. The van der Waals surface area contributed by atoms with Crippen LogP contribution in [0.15, 0.2) is 210 Å². The molecule has 2 N–H and O–H groups in total. The van der Waals surface area contributed by atoms with Crippen LogP contribution in [-0.2, 0) is 77.2 Å². The predicted molar refractivity (Wildman–Crippen MR) is 493 cm³/mol. The van der Waals surface area contributed by atoms with E-state index in [2.05, 4.69) is 0 Å². The number of pyridine rings is 5. The number of ketones is 3. The van der Waals surface area contributed by atoms with Crippen LogP contribution in [0.2, 0.25) is 5.02 Å². The summed E-state index contributed by atoms with van der Waals surface area (Å²) in [5.41, 5.74) is 20.4. The minimum atomic E-state index is -4.50. The molecule has 0 radical (unpaired) electrons. The lowest BCUT2D eigenvalue weighted by atomic mass is 9.86. The highest BCUT2D eigenvalue weighted by molar-refractivity contribution is 7.90. The second-order valence-corrected chi connectivity index (χ2v) is 37.8. The van der Waals surface area contributed by atoms with Crippen molar-refractivity contribution in [2.45, 2.75) is 183 Å². The van der Waals surface area contributed by atoms with Gasteiger partial charge in [0, 0.05) is 98.3 Å². The van der Waals surface area contributed by atoms with Crippen molar-refractivity contribution in [2.75, 3.05) is 19.5 Å². The summed E-state index contributed by atoms with van der Waals surface area (Å²) in [5.74, 6) is 1.65. The van der Waals surface area contributed by atoms with Crippen LogP contribution in [0.4, 0.5) is 13.2 Å². The summed E-state index contributed by atoms with van der Waals surface area (Å²) in [5, 5.41) is 4.85. The monoisotopic (exact) mass is 1770 g/mol. The molecule has 16 rings (SSSR count). The van der Waals surface area contributed by atoms with Gasteiger partial charge in [0.2, 0.25) is 17.7 Å². The predicted octanol–water partition coefficient (Wildman–Crippen LogP) is 22.1. The molecule has 2 aliphatic heterocycles. The van der Waals surface area contributed by atoms with Gasteiger partial charge in [-0.05, 0) is 309 Å². The fourth-order valence-corrected chi connectivity index (χ4v) is 17.2. The largest absolute Gasteiger partial charge is 0.493 e. The Labute approximate surface area is 745 Å². The third-order valence-corrected chi connectivity index (χ3v) is 23.4. The van der Waals surface area contributed by atoms with Crippen molar-refractivity contribution in [1.82, 2.24) is 24.5 Å². The van der Waals surface area contributed by atoms with E-state index >= 15 is 0 Å². The normalized spacial score (nSPS) is 13.5. The lowest BCUT2D eigenvalue weighted by Crippen LogP contribution is -2.27. The average molecular weight is 1770 g/mol. The molecule has 5 aromatic heterocycles. The summed E-state index contributed by atoms with van der Waals surface area (Å²) in [4.78, 5) is 83.6. The number of nitrogens with zero attached hydrogens (tertiary/aromatic N) is 5. The van der Waals surface area contributed by atoms with Crippen molar-refractivity contribution < 1.29 is 73.9 Å². The van der Waals surface area contributed by atoms with Gasteiger partial charge in [0.05, 0.1) is 74.6 Å². The smallest absolute Gasteiger partial charge is 0.416 e. The molecule has 128 heavy (non-hydrogen) atoms. The Morgan fingerprint density at radius 1 is 0.516 bits per heavy atom. The number of aryl methyl sites for hydroxylation is 3. The summed E-state index contributed by atoms with van der Waals surface area (Å²) in [6, 6.07) is 54.1. The van der Waals surface area contributed by atoms with E-state index in [4.69, 9.17) is 70.4 Å². The van der Waals surface area contributed by atoms with Gasteiger partial charge in [-0.3, -0.25) is 33.9 Å². The first-order chi connectivity index (χ1) is 60.4. The molecule has 0 spiro atoms. The van der Waals surface area contributed by atoms with Gasteiger partial charge in [0.25, 0.3) is 5.56 Å². The van der Waals surface area contributed by atoms with Crippen LogP contribution >= 0.6 is 11.6 Å². The van der Waals surface area contributed by atoms with Crippen molar-refractivity contribution in [3.05, 3.63) is 288 Å². The van der Waals surface area contributed by atoms with Crippen LogP contribution in [-0.4, -0.2) is 92.5 Å². The van der Waals surface area contributed by atoms with E-state index in [9.17, 15) is 45.6 Å². The standard InChI is InChI=1S/C36H35N3O5.C36H36N2O6S.C31H29ClF3NO3/c1-20-18-27-25(11-13-29(39-27)43-19-22-6-8-24(9-7-22)35(37)41)32(30(20)34(21(2)40)44-36(3,4)5)26-10-12-28-31-23(15-17-42-28)14-16-38-33(26)31;1-21-19-28-26(12-14-30(38-28)43-20-23-7-9-25(10-8-23)45(6,40)41)33(31(21)35(22(2)39)44-36(3,4)5)27-11-13-29-32-24(16-18-42-29)15-17-37-34(27)32;1-18-15-25-24(13-14-26(38)36(25)17-20-7-6-8-22(16-20)31(33,34)35)28(21-9-11-23(32)12-10-21)27(18)29(19(2)37)39-30(3,4)5/h6-14,16,18,34H,15,17,19H2,1-5H3,(H2,37,41);7-15,17,19,35H,16,18,20H2,1-6H3;6-16,29H,17H2,1-5H3/t34-;35-;29-/m111/s1. The summed E-state index contributed by atoms with van der Waals surface area (Å²) in [6.45, 7) is 29.4. The van der Waals surface area contributed by atoms with E-state index in [-0.39, 0.29) is 47.6 Å². The second-order valence-electron chi connectivity index (χ2n) is 35.3. The van der Waals surface area contributed by atoms with Crippen molar-refractivity contribution in [3.63, 3.8) is 0 Å². The van der Waals surface area contributed by atoms with Crippen LogP contribution in [0.25, 0.3) is 87.9 Å². The number of primary amides is 1. The highest BCUT2D eigenvalue weighted by Crippen LogP contribution is 2.49. The summed E-state index contributed by atoms with van der Waals surface area (Å²) in [7, 11) is -3.28. The number of carbonyl (C=O) groups excluding carboxylic acids is 4. The lowest BCUT2D eigenvalue weighted by molar-refractivity contribution is -0.139. The topological polar surface area (TPSA) is 267 Å². The van der Waals surface area contributed by atoms with Gasteiger partial charge in [-0.25, -0.2) is 18.4 Å². The number of carbonyl (C=O) groups is 4. The zero-order valence-electron chi connectivity index (χ0n) is 74.2. The van der Waals surface area contributed by atoms with Gasteiger partial charge in [0.1, 0.15) is 43.0 Å². The summed E-state index contributed by atoms with van der Waals surface area (Å²) < 4.78 is 108. The van der Waals surface area contributed by atoms with Gasteiger partial charge >= 0.3 is 6.18 Å². The Kier molecular flexibility index (Phi) is 26.2. The fraction of sp³-hybridized carbons (Fsp3) is 0.291.